The van der Waals surface area contributed by atoms with Crippen LogP contribution in [0.15, 0.2) is 4.99 Å². The topological polar surface area (TPSA) is 66.0 Å². The standard InChI is InChI=1S/C19H38N4O2/c1-7-20-17(22-13-15(2)3)21-11-10-16-9-8-12-23(14-16)18(24)25-19(4,5)6/h15-16H,7-14H2,1-6H3,(H2,20,21,22). The molecule has 25 heavy (non-hydrogen) atoms. The zero-order chi connectivity index (χ0) is 18.9. The number of nitrogens with one attached hydrogen (secondary N) is 2. The maximum Gasteiger partial charge on any atom is 0.410 e. The monoisotopic (exact) mass is 354 g/mol. The fourth-order valence-electron chi connectivity index (χ4n) is 2.80. The van der Waals surface area contributed by atoms with Gasteiger partial charge in [0.1, 0.15) is 5.60 Å². The summed E-state index contributed by atoms with van der Waals surface area (Å²) in [5.74, 6) is 1.95. The summed E-state index contributed by atoms with van der Waals surface area (Å²) in [5, 5.41) is 6.69. The number of carbonyl (C=O) groups excluding carboxylic acids is 1. The van der Waals surface area contributed by atoms with Gasteiger partial charge in [-0.15, -0.1) is 0 Å². The Labute approximate surface area is 153 Å². The van der Waals surface area contributed by atoms with E-state index < -0.39 is 5.60 Å². The second-order valence-electron chi connectivity index (χ2n) is 8.26. The van der Waals surface area contributed by atoms with Gasteiger partial charge in [0.2, 0.25) is 0 Å². The van der Waals surface area contributed by atoms with E-state index in [1.54, 1.807) is 0 Å². The normalized spacial score (nSPS) is 19.1. The highest BCUT2D eigenvalue weighted by Crippen LogP contribution is 2.21. The number of likely N-dealkylation sites (tertiary alicyclic amines) is 1. The summed E-state index contributed by atoms with van der Waals surface area (Å²) in [4.78, 5) is 18.7. The minimum Gasteiger partial charge on any atom is -0.444 e. The van der Waals surface area contributed by atoms with E-state index in [1.165, 1.54) is 6.42 Å². The minimum absolute atomic E-state index is 0.183. The van der Waals surface area contributed by atoms with Gasteiger partial charge >= 0.3 is 6.09 Å². The molecule has 6 heteroatoms. The third-order valence-corrected chi connectivity index (χ3v) is 3.97. The minimum atomic E-state index is -0.431. The number of aliphatic imine (C=N–C) groups is 1. The predicted octanol–water partition coefficient (Wildman–Crippen LogP) is 3.23. The van der Waals surface area contributed by atoms with E-state index in [4.69, 9.17) is 4.74 Å². The summed E-state index contributed by atoms with van der Waals surface area (Å²) in [6.45, 7) is 16.3. The van der Waals surface area contributed by atoms with Crippen LogP contribution >= 0.6 is 0 Å². The summed E-state index contributed by atoms with van der Waals surface area (Å²) in [7, 11) is 0. The molecule has 1 fully saturated rings. The molecule has 1 atom stereocenters. The van der Waals surface area contributed by atoms with Gasteiger partial charge in [-0.25, -0.2) is 4.79 Å². The smallest absolute Gasteiger partial charge is 0.410 e. The number of amides is 1. The molecule has 0 aliphatic carbocycles. The van der Waals surface area contributed by atoms with Gasteiger partial charge in [-0.2, -0.15) is 0 Å². The van der Waals surface area contributed by atoms with Crippen LogP contribution < -0.4 is 10.6 Å². The van der Waals surface area contributed by atoms with Crippen molar-refractivity contribution < 1.29 is 9.53 Å². The van der Waals surface area contributed by atoms with E-state index in [-0.39, 0.29) is 6.09 Å². The first-order chi connectivity index (χ1) is 11.7. The van der Waals surface area contributed by atoms with Crippen LogP contribution in [0.3, 0.4) is 0 Å². The lowest BCUT2D eigenvalue weighted by Crippen LogP contribution is -2.44. The largest absolute Gasteiger partial charge is 0.444 e. The number of nitrogens with zero attached hydrogens (tertiary/aromatic N) is 2. The molecule has 0 aromatic rings. The predicted molar refractivity (Wildman–Crippen MR) is 104 cm³/mol. The quantitative estimate of drug-likeness (QED) is 0.568. The molecule has 146 valence electrons. The first kappa shape index (κ1) is 21.6. The number of guanidine groups is 1. The highest BCUT2D eigenvalue weighted by Gasteiger charge is 2.27. The van der Waals surface area contributed by atoms with Gasteiger partial charge in [0.05, 0.1) is 0 Å². The molecule has 1 aliphatic rings. The van der Waals surface area contributed by atoms with Crippen LogP contribution in [0.5, 0.6) is 0 Å². The van der Waals surface area contributed by atoms with Gasteiger partial charge in [0.25, 0.3) is 0 Å². The van der Waals surface area contributed by atoms with Crippen LogP contribution in [0.2, 0.25) is 0 Å². The van der Waals surface area contributed by atoms with Crippen molar-refractivity contribution in [3.8, 4) is 0 Å². The third-order valence-electron chi connectivity index (χ3n) is 3.97. The molecule has 0 aromatic carbocycles. The zero-order valence-corrected chi connectivity index (χ0v) is 17.0. The Hall–Kier alpha value is -1.46. The zero-order valence-electron chi connectivity index (χ0n) is 17.0. The van der Waals surface area contributed by atoms with E-state index in [1.807, 2.05) is 25.7 Å². The Morgan fingerprint density at radius 1 is 1.32 bits per heavy atom. The second-order valence-corrected chi connectivity index (χ2v) is 8.26. The van der Waals surface area contributed by atoms with Crippen molar-refractivity contribution in [2.45, 2.75) is 66.4 Å². The van der Waals surface area contributed by atoms with Crippen molar-refractivity contribution in [2.75, 3.05) is 32.7 Å². The number of rotatable bonds is 6. The lowest BCUT2D eigenvalue weighted by Gasteiger charge is -2.34. The van der Waals surface area contributed by atoms with Crippen molar-refractivity contribution in [3.05, 3.63) is 0 Å². The summed E-state index contributed by atoms with van der Waals surface area (Å²) < 4.78 is 5.50. The molecule has 0 radical (unpaired) electrons. The van der Waals surface area contributed by atoms with Crippen LogP contribution in [-0.4, -0.2) is 55.3 Å². The highest BCUT2D eigenvalue weighted by molar-refractivity contribution is 5.79. The molecule has 1 amide bonds. The molecule has 0 spiro atoms. The van der Waals surface area contributed by atoms with Crippen molar-refractivity contribution in [3.63, 3.8) is 0 Å². The van der Waals surface area contributed by atoms with E-state index in [2.05, 4.69) is 36.4 Å². The van der Waals surface area contributed by atoms with Gasteiger partial charge in [-0.3, -0.25) is 4.99 Å². The van der Waals surface area contributed by atoms with Crippen LogP contribution in [0, 0.1) is 11.8 Å². The van der Waals surface area contributed by atoms with Crippen LogP contribution in [0.4, 0.5) is 4.79 Å². The average Bonchev–Trinajstić information content (AvgIpc) is 2.51. The van der Waals surface area contributed by atoms with Crippen LogP contribution in [0.25, 0.3) is 0 Å². The van der Waals surface area contributed by atoms with Crippen molar-refractivity contribution in [1.29, 1.82) is 0 Å². The van der Waals surface area contributed by atoms with E-state index in [0.29, 0.717) is 11.8 Å². The molecule has 1 aliphatic heterocycles. The summed E-state index contributed by atoms with van der Waals surface area (Å²) in [6.07, 6.45) is 3.06. The van der Waals surface area contributed by atoms with Crippen molar-refractivity contribution in [2.24, 2.45) is 16.8 Å². The summed E-state index contributed by atoms with van der Waals surface area (Å²) >= 11 is 0. The number of piperidine rings is 1. The van der Waals surface area contributed by atoms with E-state index in [0.717, 1.165) is 51.5 Å². The van der Waals surface area contributed by atoms with E-state index in [9.17, 15) is 4.79 Å². The van der Waals surface area contributed by atoms with Gasteiger partial charge in [-0.1, -0.05) is 13.8 Å². The molecule has 1 heterocycles. The lowest BCUT2D eigenvalue weighted by atomic mass is 9.95. The molecular formula is C19H38N4O2. The Bertz CT molecular complexity index is 430. The maximum atomic E-state index is 12.2. The lowest BCUT2D eigenvalue weighted by molar-refractivity contribution is 0.0162. The Kier molecular flexibility index (Phi) is 9.08. The van der Waals surface area contributed by atoms with Crippen LogP contribution in [-0.2, 0) is 4.74 Å². The first-order valence-corrected chi connectivity index (χ1v) is 9.71. The number of hydrogen-bond donors (Lipinski definition) is 2. The SMILES string of the molecule is CCNC(=NCC(C)C)NCCC1CCCN(C(=O)OC(C)(C)C)C1. The van der Waals surface area contributed by atoms with Gasteiger partial charge < -0.3 is 20.3 Å². The van der Waals surface area contributed by atoms with E-state index >= 15 is 0 Å². The Morgan fingerprint density at radius 3 is 2.64 bits per heavy atom. The molecule has 0 saturated carbocycles. The molecule has 0 aromatic heterocycles. The third kappa shape index (κ3) is 9.56. The Morgan fingerprint density at radius 2 is 2.04 bits per heavy atom. The number of carbonyl (C=O) groups is 1. The van der Waals surface area contributed by atoms with Crippen LogP contribution in [0.1, 0.15) is 60.8 Å². The van der Waals surface area contributed by atoms with Gasteiger partial charge in [0.15, 0.2) is 5.96 Å². The number of ether oxygens (including phenoxy) is 1. The molecule has 1 saturated heterocycles. The summed E-state index contributed by atoms with van der Waals surface area (Å²) in [6, 6.07) is 0. The molecule has 6 nitrogen and oxygen atoms in total. The highest BCUT2D eigenvalue weighted by atomic mass is 16.6. The maximum absolute atomic E-state index is 12.2. The first-order valence-electron chi connectivity index (χ1n) is 9.71. The average molecular weight is 355 g/mol. The molecule has 1 rings (SSSR count). The van der Waals surface area contributed by atoms with Gasteiger partial charge in [-0.05, 0) is 58.8 Å². The summed E-state index contributed by atoms with van der Waals surface area (Å²) in [5.41, 5.74) is -0.431. The second kappa shape index (κ2) is 10.5. The fourth-order valence-corrected chi connectivity index (χ4v) is 2.80. The van der Waals surface area contributed by atoms with Crippen molar-refractivity contribution in [1.82, 2.24) is 15.5 Å². The fraction of sp³-hybridized carbons (Fsp3) is 0.895. The number of hydrogen-bond acceptors (Lipinski definition) is 3. The molecule has 2 N–H and O–H groups in total. The molecular weight excluding hydrogens is 316 g/mol. The molecule has 1 unspecified atom stereocenters. The van der Waals surface area contributed by atoms with Crippen molar-refractivity contribution >= 4 is 12.1 Å². The Balaban J connectivity index is 2.41. The van der Waals surface area contributed by atoms with Gasteiger partial charge in [0, 0.05) is 32.7 Å². The molecule has 0 bridgehead atoms.